The van der Waals surface area contributed by atoms with Crippen molar-refractivity contribution < 1.29 is 14.4 Å². The van der Waals surface area contributed by atoms with E-state index >= 15 is 0 Å². The van der Waals surface area contributed by atoms with Crippen LogP contribution >= 0.6 is 0 Å². The number of aryl methyl sites for hydroxylation is 1. The highest BCUT2D eigenvalue weighted by Crippen LogP contribution is 2.27. The SMILES string of the molecule is CCCNC(=O)c1ccccc1NC(=O)[C@@H]1CC(=O)N(c2ccc(C)cc2)C1. The first-order chi connectivity index (χ1) is 13.5. The quantitative estimate of drug-likeness (QED) is 0.809. The molecule has 146 valence electrons. The predicted octanol–water partition coefficient (Wildman–Crippen LogP) is 3.13. The minimum absolute atomic E-state index is 0.0713. The van der Waals surface area contributed by atoms with Crippen molar-refractivity contribution in [3.8, 4) is 0 Å². The van der Waals surface area contributed by atoms with Gasteiger partial charge in [0, 0.05) is 25.2 Å². The van der Waals surface area contributed by atoms with Gasteiger partial charge in [-0.05, 0) is 37.6 Å². The van der Waals surface area contributed by atoms with Crippen LogP contribution in [-0.4, -0.2) is 30.8 Å². The number of hydrogen-bond donors (Lipinski definition) is 2. The molecule has 0 unspecified atom stereocenters. The van der Waals surface area contributed by atoms with Gasteiger partial charge in [0.15, 0.2) is 0 Å². The number of nitrogens with one attached hydrogen (secondary N) is 2. The van der Waals surface area contributed by atoms with Crippen molar-refractivity contribution in [2.45, 2.75) is 26.7 Å². The Morgan fingerprint density at radius 2 is 1.82 bits per heavy atom. The van der Waals surface area contributed by atoms with Crippen molar-refractivity contribution in [3.63, 3.8) is 0 Å². The first-order valence-electron chi connectivity index (χ1n) is 9.54. The Hall–Kier alpha value is -3.15. The number of hydrogen-bond acceptors (Lipinski definition) is 3. The van der Waals surface area contributed by atoms with Crippen LogP contribution in [0.2, 0.25) is 0 Å². The van der Waals surface area contributed by atoms with E-state index in [1.807, 2.05) is 38.1 Å². The second-order valence-electron chi connectivity index (χ2n) is 7.03. The van der Waals surface area contributed by atoms with Crippen LogP contribution in [0.25, 0.3) is 0 Å². The average Bonchev–Trinajstić information content (AvgIpc) is 3.09. The Morgan fingerprint density at radius 3 is 2.54 bits per heavy atom. The number of benzene rings is 2. The minimum Gasteiger partial charge on any atom is -0.352 e. The van der Waals surface area contributed by atoms with Crippen LogP contribution in [0.4, 0.5) is 11.4 Å². The molecule has 0 saturated carbocycles. The zero-order chi connectivity index (χ0) is 20.1. The summed E-state index contributed by atoms with van der Waals surface area (Å²) in [6.45, 7) is 4.87. The van der Waals surface area contributed by atoms with Gasteiger partial charge in [-0.3, -0.25) is 14.4 Å². The van der Waals surface area contributed by atoms with Crippen molar-refractivity contribution in [1.82, 2.24) is 5.32 Å². The smallest absolute Gasteiger partial charge is 0.253 e. The zero-order valence-electron chi connectivity index (χ0n) is 16.2. The lowest BCUT2D eigenvalue weighted by atomic mass is 10.1. The Morgan fingerprint density at radius 1 is 1.11 bits per heavy atom. The topological polar surface area (TPSA) is 78.5 Å². The molecule has 0 aliphatic carbocycles. The largest absolute Gasteiger partial charge is 0.352 e. The normalized spacial score (nSPS) is 16.1. The van der Waals surface area contributed by atoms with Crippen molar-refractivity contribution in [2.75, 3.05) is 23.3 Å². The van der Waals surface area contributed by atoms with E-state index in [0.29, 0.717) is 24.3 Å². The van der Waals surface area contributed by atoms with E-state index in [0.717, 1.165) is 17.7 Å². The van der Waals surface area contributed by atoms with Crippen LogP contribution < -0.4 is 15.5 Å². The first-order valence-corrected chi connectivity index (χ1v) is 9.54. The molecule has 2 aromatic rings. The minimum atomic E-state index is -0.458. The summed E-state index contributed by atoms with van der Waals surface area (Å²) >= 11 is 0. The van der Waals surface area contributed by atoms with Crippen LogP contribution in [0.3, 0.4) is 0 Å². The molecule has 0 spiro atoms. The van der Waals surface area contributed by atoms with Gasteiger partial charge in [0.25, 0.3) is 5.91 Å². The zero-order valence-corrected chi connectivity index (χ0v) is 16.2. The second kappa shape index (κ2) is 8.69. The number of anilines is 2. The molecule has 1 atom stereocenters. The van der Waals surface area contributed by atoms with E-state index in [1.165, 1.54) is 0 Å². The molecule has 6 heteroatoms. The molecule has 6 nitrogen and oxygen atoms in total. The third-order valence-electron chi connectivity index (χ3n) is 4.81. The lowest BCUT2D eigenvalue weighted by molar-refractivity contribution is -0.122. The van der Waals surface area contributed by atoms with E-state index < -0.39 is 5.92 Å². The van der Waals surface area contributed by atoms with E-state index in [9.17, 15) is 14.4 Å². The highest BCUT2D eigenvalue weighted by atomic mass is 16.2. The molecular formula is C22H25N3O3. The van der Waals surface area contributed by atoms with Crippen molar-refractivity contribution >= 4 is 29.1 Å². The van der Waals surface area contributed by atoms with E-state index in [1.54, 1.807) is 29.2 Å². The van der Waals surface area contributed by atoms with Gasteiger partial charge in [-0.15, -0.1) is 0 Å². The van der Waals surface area contributed by atoms with Gasteiger partial charge in [-0.2, -0.15) is 0 Å². The molecule has 0 aromatic heterocycles. The fourth-order valence-corrected chi connectivity index (χ4v) is 3.22. The van der Waals surface area contributed by atoms with E-state index in [4.69, 9.17) is 0 Å². The number of carbonyl (C=O) groups excluding carboxylic acids is 3. The highest BCUT2D eigenvalue weighted by molar-refractivity contribution is 6.07. The van der Waals surface area contributed by atoms with Gasteiger partial charge in [0.1, 0.15) is 0 Å². The molecule has 0 radical (unpaired) electrons. The van der Waals surface area contributed by atoms with Gasteiger partial charge < -0.3 is 15.5 Å². The predicted molar refractivity (Wildman–Crippen MR) is 109 cm³/mol. The fourth-order valence-electron chi connectivity index (χ4n) is 3.22. The molecule has 3 amide bonds. The maximum atomic E-state index is 12.8. The maximum absolute atomic E-state index is 12.8. The highest BCUT2D eigenvalue weighted by Gasteiger charge is 2.35. The first kappa shape index (κ1) is 19.6. The van der Waals surface area contributed by atoms with Gasteiger partial charge in [0.05, 0.1) is 17.2 Å². The van der Waals surface area contributed by atoms with Crippen LogP contribution in [0.15, 0.2) is 48.5 Å². The Labute approximate surface area is 164 Å². The molecule has 3 rings (SSSR count). The molecule has 2 N–H and O–H groups in total. The molecule has 28 heavy (non-hydrogen) atoms. The molecule has 1 aliphatic heterocycles. The van der Waals surface area contributed by atoms with Crippen molar-refractivity contribution in [3.05, 3.63) is 59.7 Å². The van der Waals surface area contributed by atoms with Crippen LogP contribution in [0.1, 0.15) is 35.7 Å². The summed E-state index contributed by atoms with van der Waals surface area (Å²) in [6.07, 6.45) is 0.989. The Balaban J connectivity index is 1.70. The summed E-state index contributed by atoms with van der Waals surface area (Å²) in [6, 6.07) is 14.6. The van der Waals surface area contributed by atoms with Crippen molar-refractivity contribution in [1.29, 1.82) is 0 Å². The Bertz CT molecular complexity index is 877. The lowest BCUT2D eigenvalue weighted by Gasteiger charge is -2.17. The van der Waals surface area contributed by atoms with Crippen LogP contribution in [0.5, 0.6) is 0 Å². The average molecular weight is 379 g/mol. The number of carbonyl (C=O) groups is 3. The molecule has 1 fully saturated rings. The molecule has 1 saturated heterocycles. The molecule has 1 aliphatic rings. The van der Waals surface area contributed by atoms with Gasteiger partial charge >= 0.3 is 0 Å². The third kappa shape index (κ3) is 4.39. The monoisotopic (exact) mass is 379 g/mol. The summed E-state index contributed by atoms with van der Waals surface area (Å²) < 4.78 is 0. The van der Waals surface area contributed by atoms with Crippen LogP contribution in [-0.2, 0) is 9.59 Å². The summed E-state index contributed by atoms with van der Waals surface area (Å²) in [4.78, 5) is 39.1. The lowest BCUT2D eigenvalue weighted by Crippen LogP contribution is -2.29. The summed E-state index contributed by atoms with van der Waals surface area (Å²) in [5.41, 5.74) is 2.79. The number of para-hydroxylation sites is 1. The summed E-state index contributed by atoms with van der Waals surface area (Å²) in [5.74, 6) is -1.00. The summed E-state index contributed by atoms with van der Waals surface area (Å²) in [7, 11) is 0. The number of nitrogens with zero attached hydrogens (tertiary/aromatic N) is 1. The maximum Gasteiger partial charge on any atom is 0.253 e. The van der Waals surface area contributed by atoms with Gasteiger partial charge in [-0.1, -0.05) is 36.8 Å². The molecular weight excluding hydrogens is 354 g/mol. The van der Waals surface area contributed by atoms with Gasteiger partial charge in [0.2, 0.25) is 11.8 Å². The molecule has 1 heterocycles. The Kier molecular flexibility index (Phi) is 6.09. The standard InChI is InChI=1S/C22H25N3O3/c1-3-12-23-22(28)18-6-4-5-7-19(18)24-21(27)16-13-20(26)25(14-16)17-10-8-15(2)9-11-17/h4-11,16H,3,12-14H2,1-2H3,(H,23,28)(H,24,27)/t16-/m1/s1. The fraction of sp³-hybridized carbons (Fsp3) is 0.318. The molecule has 2 aromatic carbocycles. The summed E-state index contributed by atoms with van der Waals surface area (Å²) in [5, 5.41) is 5.65. The van der Waals surface area contributed by atoms with Gasteiger partial charge in [-0.25, -0.2) is 0 Å². The van der Waals surface area contributed by atoms with E-state index in [-0.39, 0.29) is 24.1 Å². The van der Waals surface area contributed by atoms with Crippen LogP contribution in [0, 0.1) is 12.8 Å². The number of amides is 3. The van der Waals surface area contributed by atoms with Crippen molar-refractivity contribution in [2.24, 2.45) is 5.92 Å². The number of rotatable bonds is 6. The molecule has 0 bridgehead atoms. The second-order valence-corrected chi connectivity index (χ2v) is 7.03. The van der Waals surface area contributed by atoms with E-state index in [2.05, 4.69) is 10.6 Å². The third-order valence-corrected chi connectivity index (χ3v) is 4.81.